The van der Waals surface area contributed by atoms with Crippen molar-refractivity contribution in [1.82, 2.24) is 9.80 Å². The van der Waals surface area contributed by atoms with E-state index in [0.29, 0.717) is 32.6 Å². The van der Waals surface area contributed by atoms with Crippen molar-refractivity contribution in [3.63, 3.8) is 0 Å². The lowest BCUT2D eigenvalue weighted by Gasteiger charge is -2.36. The summed E-state index contributed by atoms with van der Waals surface area (Å²) in [5.74, 6) is 0.554. The highest BCUT2D eigenvalue weighted by atomic mass is 16.2. The first kappa shape index (κ1) is 17.9. The Hall–Kier alpha value is -1.88. The van der Waals surface area contributed by atoms with Gasteiger partial charge in [0.15, 0.2) is 0 Å². The Morgan fingerprint density at radius 3 is 2.32 bits per heavy atom. The fourth-order valence-corrected chi connectivity index (χ4v) is 3.92. The van der Waals surface area contributed by atoms with Gasteiger partial charge in [-0.1, -0.05) is 30.3 Å². The Balaban J connectivity index is 1.38. The highest BCUT2D eigenvalue weighted by Gasteiger charge is 2.32. The summed E-state index contributed by atoms with van der Waals surface area (Å²) >= 11 is 0. The molecule has 2 fully saturated rings. The maximum Gasteiger partial charge on any atom is 0.225 e. The molecule has 5 nitrogen and oxygen atoms in total. The van der Waals surface area contributed by atoms with Gasteiger partial charge in [0, 0.05) is 44.6 Å². The Bertz CT molecular complexity index is 582. The van der Waals surface area contributed by atoms with Gasteiger partial charge in [0.05, 0.1) is 0 Å². The van der Waals surface area contributed by atoms with E-state index < -0.39 is 0 Å². The van der Waals surface area contributed by atoms with Gasteiger partial charge in [-0.15, -0.1) is 0 Å². The van der Waals surface area contributed by atoms with E-state index in [0.717, 1.165) is 32.1 Å². The van der Waals surface area contributed by atoms with Gasteiger partial charge in [-0.2, -0.15) is 0 Å². The molecule has 5 heteroatoms. The molecule has 0 bridgehead atoms. The summed E-state index contributed by atoms with van der Waals surface area (Å²) in [7, 11) is 0. The molecule has 2 unspecified atom stereocenters. The molecule has 1 aliphatic heterocycles. The number of hydrogen-bond acceptors (Lipinski definition) is 3. The van der Waals surface area contributed by atoms with Gasteiger partial charge in [0.25, 0.3) is 0 Å². The van der Waals surface area contributed by atoms with Crippen molar-refractivity contribution in [3.8, 4) is 0 Å². The Morgan fingerprint density at radius 2 is 1.68 bits per heavy atom. The van der Waals surface area contributed by atoms with Crippen molar-refractivity contribution >= 4 is 11.8 Å². The first-order chi connectivity index (χ1) is 12.1. The van der Waals surface area contributed by atoms with Crippen LogP contribution in [-0.2, 0) is 16.0 Å². The van der Waals surface area contributed by atoms with E-state index in [1.54, 1.807) is 0 Å². The van der Waals surface area contributed by atoms with Crippen molar-refractivity contribution in [2.45, 2.75) is 44.6 Å². The van der Waals surface area contributed by atoms with Gasteiger partial charge in [-0.05, 0) is 37.7 Å². The van der Waals surface area contributed by atoms with Crippen molar-refractivity contribution in [3.05, 3.63) is 35.9 Å². The minimum atomic E-state index is 0.100. The molecule has 1 heterocycles. The molecule has 25 heavy (non-hydrogen) atoms. The van der Waals surface area contributed by atoms with Crippen LogP contribution in [0.1, 0.15) is 37.7 Å². The maximum atomic E-state index is 12.5. The standard InChI is InChI=1S/C20H29N3O2/c21-18-10-9-17(15-18)20(25)23-13-11-22(12-14-23)19(24)8-4-7-16-5-2-1-3-6-16/h1-3,5-6,17-18H,4,7-15,21H2. The summed E-state index contributed by atoms with van der Waals surface area (Å²) in [4.78, 5) is 28.7. The zero-order chi connectivity index (χ0) is 17.6. The summed E-state index contributed by atoms with van der Waals surface area (Å²) in [5, 5.41) is 0. The first-order valence-corrected chi connectivity index (χ1v) is 9.49. The highest BCUT2D eigenvalue weighted by Crippen LogP contribution is 2.26. The van der Waals surface area contributed by atoms with E-state index in [1.165, 1.54) is 5.56 Å². The molecule has 1 aromatic carbocycles. The summed E-state index contributed by atoms with van der Waals surface area (Å²) in [5.41, 5.74) is 7.20. The number of benzene rings is 1. The predicted octanol–water partition coefficient (Wildman–Crippen LogP) is 1.81. The van der Waals surface area contributed by atoms with E-state index in [9.17, 15) is 9.59 Å². The monoisotopic (exact) mass is 343 g/mol. The molecule has 0 spiro atoms. The number of nitrogens with zero attached hydrogens (tertiary/aromatic N) is 2. The Labute approximate surface area is 150 Å². The van der Waals surface area contributed by atoms with Gasteiger partial charge >= 0.3 is 0 Å². The molecular formula is C20H29N3O2. The van der Waals surface area contributed by atoms with E-state index in [2.05, 4.69) is 12.1 Å². The van der Waals surface area contributed by atoms with E-state index in [4.69, 9.17) is 5.73 Å². The molecule has 2 amide bonds. The lowest BCUT2D eigenvalue weighted by atomic mass is 10.1. The normalized spacial score (nSPS) is 23.7. The minimum absolute atomic E-state index is 0.100. The number of carbonyl (C=O) groups excluding carboxylic acids is 2. The summed E-state index contributed by atoms with van der Waals surface area (Å²) in [6.07, 6.45) is 5.08. The van der Waals surface area contributed by atoms with Crippen LogP contribution >= 0.6 is 0 Å². The van der Waals surface area contributed by atoms with Gasteiger partial charge in [-0.3, -0.25) is 9.59 Å². The fourth-order valence-electron chi connectivity index (χ4n) is 3.92. The zero-order valence-corrected chi connectivity index (χ0v) is 14.9. The lowest BCUT2D eigenvalue weighted by molar-refractivity contribution is -0.142. The lowest BCUT2D eigenvalue weighted by Crippen LogP contribution is -2.51. The van der Waals surface area contributed by atoms with Gasteiger partial charge in [-0.25, -0.2) is 0 Å². The number of hydrogen-bond donors (Lipinski definition) is 1. The second kappa shape index (κ2) is 8.48. The largest absolute Gasteiger partial charge is 0.339 e. The molecule has 1 aliphatic carbocycles. The quantitative estimate of drug-likeness (QED) is 0.887. The summed E-state index contributed by atoms with van der Waals surface area (Å²) in [6, 6.07) is 10.5. The van der Waals surface area contributed by atoms with Crippen LogP contribution in [-0.4, -0.2) is 53.8 Å². The average molecular weight is 343 g/mol. The van der Waals surface area contributed by atoms with Crippen LogP contribution in [0.4, 0.5) is 0 Å². The van der Waals surface area contributed by atoms with Crippen molar-refractivity contribution in [1.29, 1.82) is 0 Å². The van der Waals surface area contributed by atoms with Crippen LogP contribution in [0.3, 0.4) is 0 Å². The smallest absolute Gasteiger partial charge is 0.225 e. The van der Waals surface area contributed by atoms with Crippen LogP contribution in [0, 0.1) is 5.92 Å². The number of amides is 2. The van der Waals surface area contributed by atoms with Crippen molar-refractivity contribution in [2.24, 2.45) is 11.7 Å². The van der Waals surface area contributed by atoms with Gasteiger partial charge < -0.3 is 15.5 Å². The molecule has 1 saturated heterocycles. The van der Waals surface area contributed by atoms with Gasteiger partial charge in [0.2, 0.25) is 11.8 Å². The predicted molar refractivity (Wildman–Crippen MR) is 97.9 cm³/mol. The molecule has 1 aromatic rings. The van der Waals surface area contributed by atoms with Gasteiger partial charge in [0.1, 0.15) is 0 Å². The molecule has 2 atom stereocenters. The molecule has 1 saturated carbocycles. The van der Waals surface area contributed by atoms with Crippen molar-refractivity contribution < 1.29 is 9.59 Å². The Kier molecular flexibility index (Phi) is 6.08. The van der Waals surface area contributed by atoms with Crippen LogP contribution in [0.2, 0.25) is 0 Å². The first-order valence-electron chi connectivity index (χ1n) is 9.49. The third kappa shape index (κ3) is 4.82. The molecule has 0 aromatic heterocycles. The molecule has 2 aliphatic rings. The third-order valence-corrected chi connectivity index (χ3v) is 5.47. The van der Waals surface area contributed by atoms with E-state index >= 15 is 0 Å². The molecular weight excluding hydrogens is 314 g/mol. The number of nitrogens with two attached hydrogens (primary N) is 1. The minimum Gasteiger partial charge on any atom is -0.339 e. The molecule has 0 radical (unpaired) electrons. The number of rotatable bonds is 5. The summed E-state index contributed by atoms with van der Waals surface area (Å²) in [6.45, 7) is 2.65. The highest BCUT2D eigenvalue weighted by molar-refractivity contribution is 5.80. The zero-order valence-electron chi connectivity index (χ0n) is 14.9. The summed E-state index contributed by atoms with van der Waals surface area (Å²) < 4.78 is 0. The van der Waals surface area contributed by atoms with Crippen LogP contribution in [0.5, 0.6) is 0 Å². The Morgan fingerprint density at radius 1 is 1.00 bits per heavy atom. The fraction of sp³-hybridized carbons (Fsp3) is 0.600. The SMILES string of the molecule is NC1CCC(C(=O)N2CCN(C(=O)CCCc3ccccc3)CC2)C1. The molecule has 136 valence electrons. The number of aryl methyl sites for hydroxylation is 1. The van der Waals surface area contributed by atoms with E-state index in [-0.39, 0.29) is 23.8 Å². The van der Waals surface area contributed by atoms with Crippen LogP contribution in [0.25, 0.3) is 0 Å². The van der Waals surface area contributed by atoms with Crippen LogP contribution < -0.4 is 5.73 Å². The van der Waals surface area contributed by atoms with Crippen molar-refractivity contribution in [2.75, 3.05) is 26.2 Å². The average Bonchev–Trinajstić information content (AvgIpc) is 3.08. The number of carbonyl (C=O) groups is 2. The molecule has 2 N–H and O–H groups in total. The maximum absolute atomic E-state index is 12.5. The van der Waals surface area contributed by atoms with E-state index in [1.807, 2.05) is 28.0 Å². The second-order valence-electron chi connectivity index (χ2n) is 7.32. The number of piperazine rings is 1. The molecule has 3 rings (SSSR count). The second-order valence-corrected chi connectivity index (χ2v) is 7.32. The third-order valence-electron chi connectivity index (χ3n) is 5.47. The topological polar surface area (TPSA) is 66.6 Å². The van der Waals surface area contributed by atoms with Crippen LogP contribution in [0.15, 0.2) is 30.3 Å².